The van der Waals surface area contributed by atoms with Crippen molar-refractivity contribution in [1.29, 1.82) is 0 Å². The first-order chi connectivity index (χ1) is 7.72. The molecule has 1 nitrogen and oxygen atoms in total. The maximum absolute atomic E-state index is 6.32. The summed E-state index contributed by atoms with van der Waals surface area (Å²) in [4.78, 5) is 0. The van der Waals surface area contributed by atoms with Crippen LogP contribution in [-0.4, -0.2) is 6.04 Å². The number of hydrogen-bond donors (Lipinski definition) is 1. The smallest absolute Gasteiger partial charge is 0.00674 e. The van der Waals surface area contributed by atoms with Gasteiger partial charge in [-0.3, -0.25) is 0 Å². The molecule has 6 unspecified atom stereocenters. The maximum Gasteiger partial charge on any atom is 0.00674 e. The third-order valence-corrected chi connectivity index (χ3v) is 5.79. The lowest BCUT2D eigenvalue weighted by molar-refractivity contribution is 0.180. The van der Waals surface area contributed by atoms with Crippen LogP contribution in [0.5, 0.6) is 0 Å². The molecule has 3 fully saturated rings. The SMILES string of the molecule is CC1CCC(N)C(CC2CC3CCC2C3)C1. The van der Waals surface area contributed by atoms with Crippen LogP contribution >= 0.6 is 0 Å². The van der Waals surface area contributed by atoms with Crippen molar-refractivity contribution in [3.05, 3.63) is 0 Å². The van der Waals surface area contributed by atoms with E-state index in [0.717, 1.165) is 29.6 Å². The van der Waals surface area contributed by atoms with Gasteiger partial charge in [0.2, 0.25) is 0 Å². The molecule has 16 heavy (non-hydrogen) atoms. The summed E-state index contributed by atoms with van der Waals surface area (Å²) in [5.41, 5.74) is 6.32. The molecule has 3 aliphatic rings. The van der Waals surface area contributed by atoms with Crippen molar-refractivity contribution >= 4 is 0 Å². The van der Waals surface area contributed by atoms with Crippen molar-refractivity contribution in [2.24, 2.45) is 35.3 Å². The highest BCUT2D eigenvalue weighted by Crippen LogP contribution is 2.51. The molecule has 3 aliphatic carbocycles. The van der Waals surface area contributed by atoms with Gasteiger partial charge in [0.25, 0.3) is 0 Å². The zero-order valence-corrected chi connectivity index (χ0v) is 10.7. The molecule has 0 aliphatic heterocycles. The average molecular weight is 221 g/mol. The Kier molecular flexibility index (Phi) is 2.99. The van der Waals surface area contributed by atoms with Crippen LogP contribution in [0.2, 0.25) is 0 Å². The molecule has 2 N–H and O–H groups in total. The predicted molar refractivity (Wildman–Crippen MR) is 68.0 cm³/mol. The van der Waals surface area contributed by atoms with Crippen LogP contribution in [0, 0.1) is 29.6 Å². The molecule has 1 heteroatoms. The van der Waals surface area contributed by atoms with E-state index in [4.69, 9.17) is 5.73 Å². The van der Waals surface area contributed by atoms with E-state index in [1.807, 2.05) is 0 Å². The Morgan fingerprint density at radius 3 is 2.50 bits per heavy atom. The molecule has 3 rings (SSSR count). The highest BCUT2D eigenvalue weighted by molar-refractivity contribution is 4.93. The Morgan fingerprint density at radius 1 is 0.938 bits per heavy atom. The highest BCUT2D eigenvalue weighted by atomic mass is 14.7. The van der Waals surface area contributed by atoms with Gasteiger partial charge < -0.3 is 5.73 Å². The van der Waals surface area contributed by atoms with E-state index in [0.29, 0.717) is 6.04 Å². The molecule has 0 saturated heterocycles. The molecule has 3 saturated carbocycles. The minimum absolute atomic E-state index is 0.523. The van der Waals surface area contributed by atoms with Gasteiger partial charge in [-0.2, -0.15) is 0 Å². The molecule has 0 spiro atoms. The van der Waals surface area contributed by atoms with E-state index in [9.17, 15) is 0 Å². The zero-order valence-electron chi connectivity index (χ0n) is 10.7. The van der Waals surface area contributed by atoms with Crippen LogP contribution in [0.3, 0.4) is 0 Å². The molecule has 0 aromatic rings. The van der Waals surface area contributed by atoms with Gasteiger partial charge in [-0.25, -0.2) is 0 Å². The third-order valence-electron chi connectivity index (χ3n) is 5.79. The molecule has 0 amide bonds. The van der Waals surface area contributed by atoms with Crippen molar-refractivity contribution in [3.8, 4) is 0 Å². The Morgan fingerprint density at radius 2 is 1.81 bits per heavy atom. The highest BCUT2D eigenvalue weighted by Gasteiger charge is 2.41. The van der Waals surface area contributed by atoms with E-state index >= 15 is 0 Å². The third kappa shape index (κ3) is 2.03. The molecule has 2 bridgehead atoms. The van der Waals surface area contributed by atoms with E-state index in [1.165, 1.54) is 38.5 Å². The Hall–Kier alpha value is -0.0400. The van der Waals surface area contributed by atoms with Crippen LogP contribution in [-0.2, 0) is 0 Å². The Balaban J connectivity index is 1.57. The first kappa shape index (κ1) is 11.1. The Labute approximate surface area is 100 Å². The fourth-order valence-corrected chi connectivity index (χ4v) is 4.85. The molecular weight excluding hydrogens is 194 g/mol. The summed E-state index contributed by atoms with van der Waals surface area (Å²) in [5.74, 6) is 5.04. The monoisotopic (exact) mass is 221 g/mol. The summed E-state index contributed by atoms with van der Waals surface area (Å²) in [6.07, 6.45) is 11.7. The van der Waals surface area contributed by atoms with Crippen molar-refractivity contribution < 1.29 is 0 Å². The standard InChI is InChI=1S/C15H27N/c1-10-2-5-15(16)14(6-10)9-13-8-11-3-4-12(13)7-11/h10-15H,2-9,16H2,1H3. The number of hydrogen-bond acceptors (Lipinski definition) is 1. The fourth-order valence-electron chi connectivity index (χ4n) is 4.85. The minimum atomic E-state index is 0.523. The first-order valence-corrected chi connectivity index (χ1v) is 7.48. The van der Waals surface area contributed by atoms with Gasteiger partial charge in [-0.05, 0) is 74.5 Å². The first-order valence-electron chi connectivity index (χ1n) is 7.48. The number of rotatable bonds is 2. The largest absolute Gasteiger partial charge is 0.327 e. The summed E-state index contributed by atoms with van der Waals surface area (Å²) in [5, 5.41) is 0. The molecule has 0 heterocycles. The summed E-state index contributed by atoms with van der Waals surface area (Å²) >= 11 is 0. The molecule has 0 aromatic heterocycles. The molecular formula is C15H27N. The number of nitrogens with two attached hydrogens (primary N) is 1. The average Bonchev–Trinajstić information content (AvgIpc) is 2.85. The topological polar surface area (TPSA) is 26.0 Å². The summed E-state index contributed by atoms with van der Waals surface area (Å²) < 4.78 is 0. The lowest BCUT2D eigenvalue weighted by Gasteiger charge is -2.36. The zero-order chi connectivity index (χ0) is 11.1. The fraction of sp³-hybridized carbons (Fsp3) is 1.00. The normalized spacial score (nSPS) is 52.1. The molecule has 6 atom stereocenters. The maximum atomic E-state index is 6.32. The van der Waals surface area contributed by atoms with Gasteiger partial charge in [0.05, 0.1) is 0 Å². The van der Waals surface area contributed by atoms with Gasteiger partial charge in [-0.1, -0.05) is 13.3 Å². The van der Waals surface area contributed by atoms with Crippen LogP contribution in [0.1, 0.15) is 58.3 Å². The lowest BCUT2D eigenvalue weighted by atomic mass is 9.72. The van der Waals surface area contributed by atoms with E-state index in [2.05, 4.69) is 6.92 Å². The summed E-state index contributed by atoms with van der Waals surface area (Å²) in [6.45, 7) is 2.42. The Bertz CT molecular complexity index is 250. The second kappa shape index (κ2) is 4.33. The molecule has 0 radical (unpaired) electrons. The summed E-state index contributed by atoms with van der Waals surface area (Å²) in [7, 11) is 0. The van der Waals surface area contributed by atoms with Crippen LogP contribution in [0.4, 0.5) is 0 Å². The van der Waals surface area contributed by atoms with Gasteiger partial charge in [0.15, 0.2) is 0 Å². The predicted octanol–water partition coefficient (Wildman–Crippen LogP) is 3.58. The van der Waals surface area contributed by atoms with E-state index in [-0.39, 0.29) is 0 Å². The number of fused-ring (bicyclic) bond motifs is 2. The minimum Gasteiger partial charge on any atom is -0.327 e. The quantitative estimate of drug-likeness (QED) is 0.758. The van der Waals surface area contributed by atoms with Crippen molar-refractivity contribution in [2.75, 3.05) is 0 Å². The van der Waals surface area contributed by atoms with E-state index in [1.54, 1.807) is 12.8 Å². The molecule has 92 valence electrons. The van der Waals surface area contributed by atoms with Crippen molar-refractivity contribution in [2.45, 2.75) is 64.3 Å². The van der Waals surface area contributed by atoms with Gasteiger partial charge in [0, 0.05) is 6.04 Å². The van der Waals surface area contributed by atoms with Crippen LogP contribution < -0.4 is 5.73 Å². The molecule has 0 aromatic carbocycles. The van der Waals surface area contributed by atoms with Gasteiger partial charge >= 0.3 is 0 Å². The second-order valence-corrected chi connectivity index (χ2v) is 7.01. The van der Waals surface area contributed by atoms with Gasteiger partial charge in [-0.15, -0.1) is 0 Å². The van der Waals surface area contributed by atoms with Crippen molar-refractivity contribution in [1.82, 2.24) is 0 Å². The van der Waals surface area contributed by atoms with Crippen LogP contribution in [0.15, 0.2) is 0 Å². The van der Waals surface area contributed by atoms with Gasteiger partial charge in [0.1, 0.15) is 0 Å². The lowest BCUT2D eigenvalue weighted by Crippen LogP contribution is -2.37. The second-order valence-electron chi connectivity index (χ2n) is 7.01. The van der Waals surface area contributed by atoms with Crippen LogP contribution in [0.25, 0.3) is 0 Å². The van der Waals surface area contributed by atoms with E-state index < -0.39 is 0 Å². The summed E-state index contributed by atoms with van der Waals surface area (Å²) in [6, 6.07) is 0.523. The van der Waals surface area contributed by atoms with Crippen molar-refractivity contribution in [3.63, 3.8) is 0 Å².